The van der Waals surface area contributed by atoms with E-state index in [1.165, 1.54) is 6.07 Å². The van der Waals surface area contributed by atoms with Crippen LogP contribution in [0.15, 0.2) is 40.2 Å². The van der Waals surface area contributed by atoms with Crippen LogP contribution in [0.25, 0.3) is 0 Å². The number of rotatable bonds is 6. The van der Waals surface area contributed by atoms with Crippen molar-refractivity contribution in [3.05, 3.63) is 51.9 Å². The second-order valence-corrected chi connectivity index (χ2v) is 5.03. The van der Waals surface area contributed by atoms with Gasteiger partial charge in [-0.1, -0.05) is 12.1 Å². The lowest BCUT2D eigenvalue weighted by molar-refractivity contribution is 0.905. The molecule has 1 aromatic heterocycles. The van der Waals surface area contributed by atoms with Crippen molar-refractivity contribution in [3.8, 4) is 6.07 Å². The first kappa shape index (κ1) is 16.2. The Morgan fingerprint density at radius 3 is 2.83 bits per heavy atom. The fraction of sp³-hybridized carbons (Fsp3) is 0.250. The molecule has 7 nitrogen and oxygen atoms in total. The van der Waals surface area contributed by atoms with Gasteiger partial charge in [0.15, 0.2) is 0 Å². The van der Waals surface area contributed by atoms with Crippen molar-refractivity contribution in [2.75, 3.05) is 23.9 Å². The molecule has 2 N–H and O–H groups in total. The minimum absolute atomic E-state index is 0.222. The molecule has 0 aliphatic rings. The van der Waals surface area contributed by atoms with Crippen LogP contribution in [-0.2, 0) is 0 Å². The number of aryl methyl sites for hydroxylation is 1. The van der Waals surface area contributed by atoms with Crippen molar-refractivity contribution in [2.24, 2.45) is 5.10 Å². The highest BCUT2D eigenvalue weighted by atomic mass is 16.1. The Morgan fingerprint density at radius 2 is 2.17 bits per heavy atom. The van der Waals surface area contributed by atoms with Crippen LogP contribution in [0, 0.1) is 18.3 Å². The average Bonchev–Trinajstić information content (AvgIpc) is 2.52. The number of hydrogen-bond donors (Lipinski definition) is 2. The molecule has 0 amide bonds. The molecule has 0 fully saturated rings. The molecule has 23 heavy (non-hydrogen) atoms. The molecule has 0 aliphatic heterocycles. The van der Waals surface area contributed by atoms with Crippen LogP contribution in [0.2, 0.25) is 0 Å². The summed E-state index contributed by atoms with van der Waals surface area (Å²) in [4.78, 5) is 20.0. The molecular weight excluding hydrogens is 292 g/mol. The molecule has 0 unspecified atom stereocenters. The van der Waals surface area contributed by atoms with Gasteiger partial charge in [-0.25, -0.2) is 10.4 Å². The molecule has 0 radical (unpaired) electrons. The number of nitrogens with zero attached hydrogens (tertiary/aromatic N) is 4. The minimum Gasteiger partial charge on any atom is -0.374 e. The van der Waals surface area contributed by atoms with Crippen LogP contribution in [0.1, 0.15) is 17.7 Å². The highest BCUT2D eigenvalue weighted by Gasteiger charge is 2.00. The van der Waals surface area contributed by atoms with Crippen LogP contribution < -0.4 is 15.9 Å². The fourth-order valence-corrected chi connectivity index (χ4v) is 1.96. The molecule has 0 saturated carbocycles. The van der Waals surface area contributed by atoms with Gasteiger partial charge in [0.1, 0.15) is 0 Å². The predicted octanol–water partition coefficient (Wildman–Crippen LogP) is 1.87. The average molecular weight is 310 g/mol. The number of nitrogens with one attached hydrogen (secondary N) is 2. The van der Waals surface area contributed by atoms with Crippen LogP contribution in [-0.4, -0.2) is 29.8 Å². The highest BCUT2D eigenvalue weighted by molar-refractivity contribution is 5.80. The number of aromatic nitrogens is 2. The van der Waals surface area contributed by atoms with Crippen LogP contribution in [0.4, 0.5) is 11.6 Å². The van der Waals surface area contributed by atoms with E-state index in [0.29, 0.717) is 24.6 Å². The van der Waals surface area contributed by atoms with E-state index in [2.05, 4.69) is 26.6 Å². The molecule has 2 rings (SSSR count). The van der Waals surface area contributed by atoms with Gasteiger partial charge in [0, 0.05) is 31.0 Å². The summed E-state index contributed by atoms with van der Waals surface area (Å²) in [6.07, 6.45) is 2.13. The first-order valence-electron chi connectivity index (χ1n) is 7.13. The topological polar surface area (TPSA) is 97.2 Å². The van der Waals surface area contributed by atoms with E-state index in [1.807, 2.05) is 36.2 Å². The van der Waals surface area contributed by atoms with Crippen LogP contribution >= 0.6 is 0 Å². The van der Waals surface area contributed by atoms with Crippen molar-refractivity contribution in [3.63, 3.8) is 0 Å². The van der Waals surface area contributed by atoms with E-state index in [0.717, 1.165) is 11.3 Å². The Morgan fingerprint density at radius 1 is 1.43 bits per heavy atom. The molecule has 0 bridgehead atoms. The SMILES string of the molecule is Cc1cc(=O)[nH]c(N/N=C\c2ccc(N(C)CCC#N)cc2)n1. The standard InChI is InChI=1S/C16H18N6O/c1-12-10-15(23)20-16(19-12)21-18-11-13-4-6-14(7-5-13)22(2)9-3-8-17/h4-7,10-11H,3,9H2,1-2H3,(H2,19,20,21,23)/b18-11-. The van der Waals surface area contributed by atoms with Crippen molar-refractivity contribution >= 4 is 17.9 Å². The summed E-state index contributed by atoms with van der Waals surface area (Å²) in [6, 6.07) is 11.3. The van der Waals surface area contributed by atoms with Crippen LogP contribution in [0.3, 0.4) is 0 Å². The summed E-state index contributed by atoms with van der Waals surface area (Å²) in [5.74, 6) is 0.305. The molecule has 0 saturated heterocycles. The van der Waals surface area contributed by atoms with Crippen molar-refractivity contribution in [1.82, 2.24) is 9.97 Å². The summed E-state index contributed by atoms with van der Waals surface area (Å²) in [6.45, 7) is 2.43. The number of hydrazone groups is 1. The first-order chi connectivity index (χ1) is 11.1. The van der Waals surface area contributed by atoms with Gasteiger partial charge < -0.3 is 4.90 Å². The smallest absolute Gasteiger partial charge is 0.252 e. The third-order valence-corrected chi connectivity index (χ3v) is 3.15. The van der Waals surface area contributed by atoms with Crippen molar-refractivity contribution in [1.29, 1.82) is 5.26 Å². The Labute approximate surface area is 134 Å². The summed E-state index contributed by atoms with van der Waals surface area (Å²) >= 11 is 0. The lowest BCUT2D eigenvalue weighted by Crippen LogP contribution is -2.17. The molecule has 0 atom stereocenters. The second-order valence-electron chi connectivity index (χ2n) is 5.03. The van der Waals surface area contributed by atoms with E-state index in [4.69, 9.17) is 5.26 Å². The number of H-pyrrole nitrogens is 1. The summed E-state index contributed by atoms with van der Waals surface area (Å²) in [7, 11) is 1.95. The number of anilines is 2. The molecule has 0 aliphatic carbocycles. The highest BCUT2D eigenvalue weighted by Crippen LogP contribution is 2.13. The van der Waals surface area contributed by atoms with E-state index >= 15 is 0 Å². The van der Waals surface area contributed by atoms with Crippen LogP contribution in [0.5, 0.6) is 0 Å². The molecule has 7 heteroatoms. The summed E-state index contributed by atoms with van der Waals surface area (Å²) in [5, 5.41) is 12.7. The molecule has 118 valence electrons. The Balaban J connectivity index is 1.97. The van der Waals surface area contributed by atoms with Gasteiger partial charge in [-0.2, -0.15) is 10.4 Å². The summed E-state index contributed by atoms with van der Waals surface area (Å²) in [5.41, 5.74) is 5.04. The predicted molar refractivity (Wildman–Crippen MR) is 90.8 cm³/mol. The maximum Gasteiger partial charge on any atom is 0.252 e. The zero-order valence-electron chi connectivity index (χ0n) is 13.1. The maximum absolute atomic E-state index is 11.3. The van der Waals surface area contributed by atoms with Gasteiger partial charge in [0.05, 0.1) is 18.7 Å². The van der Waals surface area contributed by atoms with E-state index in [1.54, 1.807) is 13.1 Å². The first-order valence-corrected chi connectivity index (χ1v) is 7.13. The molecule has 2 aromatic rings. The maximum atomic E-state index is 11.3. The summed E-state index contributed by atoms with van der Waals surface area (Å²) < 4.78 is 0. The zero-order chi connectivity index (χ0) is 16.7. The number of nitriles is 1. The van der Waals surface area contributed by atoms with E-state index in [9.17, 15) is 4.79 Å². The normalized spacial score (nSPS) is 10.5. The van der Waals surface area contributed by atoms with Gasteiger partial charge in [-0.15, -0.1) is 0 Å². The van der Waals surface area contributed by atoms with E-state index < -0.39 is 0 Å². The zero-order valence-corrected chi connectivity index (χ0v) is 13.1. The monoisotopic (exact) mass is 310 g/mol. The Bertz CT molecular complexity index is 772. The molecule has 1 aromatic carbocycles. The van der Waals surface area contributed by atoms with Crippen molar-refractivity contribution in [2.45, 2.75) is 13.3 Å². The lowest BCUT2D eigenvalue weighted by Gasteiger charge is -2.17. The minimum atomic E-state index is -0.222. The fourth-order valence-electron chi connectivity index (χ4n) is 1.96. The van der Waals surface area contributed by atoms with Crippen molar-refractivity contribution < 1.29 is 0 Å². The van der Waals surface area contributed by atoms with Gasteiger partial charge in [0.25, 0.3) is 5.56 Å². The molecule has 1 heterocycles. The number of benzene rings is 1. The van der Waals surface area contributed by atoms with E-state index in [-0.39, 0.29) is 5.56 Å². The third kappa shape index (κ3) is 4.97. The molecular formula is C16H18N6O. The second kappa shape index (κ2) is 7.75. The number of hydrogen-bond acceptors (Lipinski definition) is 6. The van der Waals surface area contributed by atoms with Gasteiger partial charge in [0.2, 0.25) is 5.95 Å². The largest absolute Gasteiger partial charge is 0.374 e. The van der Waals surface area contributed by atoms with Gasteiger partial charge in [-0.05, 0) is 24.6 Å². The number of aromatic amines is 1. The molecule has 0 spiro atoms. The lowest BCUT2D eigenvalue weighted by atomic mass is 10.2. The quantitative estimate of drug-likeness (QED) is 0.627. The van der Waals surface area contributed by atoms with Gasteiger partial charge >= 0.3 is 0 Å². The Hall–Kier alpha value is -3.14. The third-order valence-electron chi connectivity index (χ3n) is 3.15. The Kier molecular flexibility index (Phi) is 5.47. The van der Waals surface area contributed by atoms with Gasteiger partial charge in [-0.3, -0.25) is 9.78 Å².